The highest BCUT2D eigenvalue weighted by molar-refractivity contribution is 8.01. The molecular formula is C15H17FN2O2S. The van der Waals surface area contributed by atoms with Crippen molar-refractivity contribution in [3.05, 3.63) is 29.6 Å². The van der Waals surface area contributed by atoms with Crippen molar-refractivity contribution in [2.45, 2.75) is 37.6 Å². The normalized spacial score (nSPS) is 27.9. The van der Waals surface area contributed by atoms with Gasteiger partial charge in [0.15, 0.2) is 0 Å². The summed E-state index contributed by atoms with van der Waals surface area (Å²) in [5.41, 5.74) is 0.958. The third-order valence-electron chi connectivity index (χ3n) is 4.13. The number of carbonyl (C=O) groups excluding carboxylic acids is 2. The summed E-state index contributed by atoms with van der Waals surface area (Å²) < 4.78 is 13.8. The fourth-order valence-electron chi connectivity index (χ4n) is 2.95. The molecule has 1 aromatic rings. The lowest BCUT2D eigenvalue weighted by atomic mass is 10.2. The molecule has 0 spiro atoms. The van der Waals surface area contributed by atoms with E-state index in [0.717, 1.165) is 12.0 Å². The predicted octanol–water partition coefficient (Wildman–Crippen LogP) is 2.53. The molecule has 4 nitrogen and oxygen atoms in total. The van der Waals surface area contributed by atoms with Gasteiger partial charge in [0.1, 0.15) is 11.9 Å². The number of benzene rings is 1. The monoisotopic (exact) mass is 308 g/mol. The van der Waals surface area contributed by atoms with Crippen molar-refractivity contribution in [2.75, 3.05) is 11.1 Å². The number of nitrogens with one attached hydrogen (secondary N) is 1. The fraction of sp³-hybridized carbons (Fsp3) is 0.467. The van der Waals surface area contributed by atoms with Gasteiger partial charge in [-0.05, 0) is 38.0 Å². The van der Waals surface area contributed by atoms with Crippen molar-refractivity contribution in [2.24, 2.45) is 0 Å². The number of hydrogen-bond donors (Lipinski definition) is 1. The maximum Gasteiger partial charge on any atom is 0.248 e. The van der Waals surface area contributed by atoms with Gasteiger partial charge in [-0.2, -0.15) is 0 Å². The third-order valence-corrected chi connectivity index (χ3v) is 5.64. The van der Waals surface area contributed by atoms with E-state index in [1.54, 1.807) is 35.7 Å². The molecule has 2 atom stereocenters. The summed E-state index contributed by atoms with van der Waals surface area (Å²) in [5, 5.41) is 2.61. The van der Waals surface area contributed by atoms with Crippen molar-refractivity contribution < 1.29 is 14.0 Å². The molecular weight excluding hydrogens is 291 g/mol. The Bertz CT molecular complexity index is 622. The van der Waals surface area contributed by atoms with E-state index in [0.29, 0.717) is 12.2 Å². The molecule has 3 rings (SSSR count). The number of fused-ring (bicyclic) bond motifs is 1. The molecule has 2 fully saturated rings. The zero-order chi connectivity index (χ0) is 15.2. The zero-order valence-electron chi connectivity index (χ0n) is 12.0. The number of halogens is 1. The molecule has 2 aliphatic heterocycles. The molecule has 0 saturated carbocycles. The quantitative estimate of drug-likeness (QED) is 0.913. The van der Waals surface area contributed by atoms with Crippen LogP contribution in [0.3, 0.4) is 0 Å². The summed E-state index contributed by atoms with van der Waals surface area (Å²) in [6.45, 7) is 3.78. The Hall–Kier alpha value is -1.56. The van der Waals surface area contributed by atoms with Crippen molar-refractivity contribution >= 4 is 29.3 Å². The lowest BCUT2D eigenvalue weighted by Crippen LogP contribution is -2.48. The molecule has 2 heterocycles. The Kier molecular flexibility index (Phi) is 3.43. The predicted molar refractivity (Wildman–Crippen MR) is 80.5 cm³/mol. The lowest BCUT2D eigenvalue weighted by Gasteiger charge is -2.29. The summed E-state index contributed by atoms with van der Waals surface area (Å²) in [4.78, 5) is 25.8. The van der Waals surface area contributed by atoms with E-state index in [1.807, 2.05) is 6.92 Å². The second-order valence-corrected chi connectivity index (χ2v) is 7.24. The zero-order valence-corrected chi connectivity index (χ0v) is 12.8. The average molecular weight is 308 g/mol. The molecule has 0 aliphatic carbocycles. The molecule has 2 saturated heterocycles. The van der Waals surface area contributed by atoms with Crippen LogP contribution in [-0.4, -0.2) is 33.4 Å². The van der Waals surface area contributed by atoms with Crippen molar-refractivity contribution in [3.63, 3.8) is 0 Å². The third kappa shape index (κ3) is 2.41. The summed E-state index contributed by atoms with van der Waals surface area (Å²) in [7, 11) is 0. The molecule has 0 aromatic heterocycles. The van der Waals surface area contributed by atoms with Crippen LogP contribution >= 0.6 is 11.8 Å². The Labute approximate surface area is 127 Å². The maximum atomic E-state index is 13.8. The van der Waals surface area contributed by atoms with E-state index in [2.05, 4.69) is 5.32 Å². The standard InChI is InChI=1S/C15H17FN2O2S/c1-9-3-4-11(10(16)7-9)17-14(20)12-8-21-15(2)6-5-13(19)18(12)15/h3-4,7,12H,5-6,8H2,1-2H3,(H,17,20)/t12-,15-/m1/s1. The Morgan fingerprint density at radius 3 is 3.00 bits per heavy atom. The fourth-order valence-corrected chi connectivity index (χ4v) is 4.38. The van der Waals surface area contributed by atoms with Crippen LogP contribution < -0.4 is 5.32 Å². The molecule has 2 aliphatic rings. The van der Waals surface area contributed by atoms with Crippen molar-refractivity contribution in [1.82, 2.24) is 4.90 Å². The van der Waals surface area contributed by atoms with Crippen LogP contribution in [-0.2, 0) is 9.59 Å². The molecule has 6 heteroatoms. The van der Waals surface area contributed by atoms with Crippen LogP contribution in [0.4, 0.5) is 10.1 Å². The van der Waals surface area contributed by atoms with E-state index < -0.39 is 11.9 Å². The maximum absolute atomic E-state index is 13.8. The molecule has 112 valence electrons. The number of anilines is 1. The minimum Gasteiger partial charge on any atom is -0.322 e. The Balaban J connectivity index is 1.78. The molecule has 2 amide bonds. The first-order chi connectivity index (χ1) is 9.90. The van der Waals surface area contributed by atoms with Gasteiger partial charge in [0.05, 0.1) is 10.6 Å². The van der Waals surface area contributed by atoms with Crippen LogP contribution in [0, 0.1) is 12.7 Å². The number of rotatable bonds is 2. The summed E-state index contributed by atoms with van der Waals surface area (Å²) >= 11 is 1.62. The highest BCUT2D eigenvalue weighted by Crippen LogP contribution is 2.47. The SMILES string of the molecule is Cc1ccc(NC(=O)[C@H]2CS[C@]3(C)CCC(=O)N23)c(F)c1. The van der Waals surface area contributed by atoms with Crippen molar-refractivity contribution in [1.29, 1.82) is 0 Å². The van der Waals surface area contributed by atoms with Gasteiger partial charge in [-0.15, -0.1) is 11.8 Å². The molecule has 0 bridgehead atoms. The number of hydrogen-bond acceptors (Lipinski definition) is 3. The van der Waals surface area contributed by atoms with Gasteiger partial charge in [0.2, 0.25) is 11.8 Å². The average Bonchev–Trinajstić information content (AvgIpc) is 2.90. The van der Waals surface area contributed by atoms with Crippen molar-refractivity contribution in [3.8, 4) is 0 Å². The highest BCUT2D eigenvalue weighted by Gasteiger charge is 2.52. The van der Waals surface area contributed by atoms with Crippen LogP contribution in [0.25, 0.3) is 0 Å². The summed E-state index contributed by atoms with van der Waals surface area (Å²) in [6.07, 6.45) is 1.24. The van der Waals surface area contributed by atoms with E-state index >= 15 is 0 Å². The number of amides is 2. The molecule has 1 aromatic carbocycles. The highest BCUT2D eigenvalue weighted by atomic mass is 32.2. The first-order valence-corrected chi connectivity index (χ1v) is 7.92. The number of carbonyl (C=O) groups is 2. The largest absolute Gasteiger partial charge is 0.322 e. The van der Waals surface area contributed by atoms with Gasteiger partial charge in [-0.3, -0.25) is 9.59 Å². The second-order valence-electron chi connectivity index (χ2n) is 5.74. The summed E-state index contributed by atoms with van der Waals surface area (Å²) in [6, 6.07) is 4.16. The molecule has 21 heavy (non-hydrogen) atoms. The number of aryl methyl sites for hydroxylation is 1. The number of nitrogens with zero attached hydrogens (tertiary/aromatic N) is 1. The van der Waals surface area contributed by atoms with E-state index in [9.17, 15) is 14.0 Å². The second kappa shape index (κ2) is 5.02. The van der Waals surface area contributed by atoms with E-state index in [1.165, 1.54) is 6.07 Å². The van der Waals surface area contributed by atoms with Crippen LogP contribution in [0.15, 0.2) is 18.2 Å². The lowest BCUT2D eigenvalue weighted by molar-refractivity contribution is -0.135. The molecule has 0 unspecified atom stereocenters. The topological polar surface area (TPSA) is 49.4 Å². The van der Waals surface area contributed by atoms with E-state index in [-0.39, 0.29) is 22.4 Å². The van der Waals surface area contributed by atoms with Gasteiger partial charge in [0.25, 0.3) is 0 Å². The first-order valence-electron chi connectivity index (χ1n) is 6.94. The minimum atomic E-state index is -0.518. The smallest absolute Gasteiger partial charge is 0.248 e. The van der Waals surface area contributed by atoms with Crippen LogP contribution in [0.1, 0.15) is 25.3 Å². The minimum absolute atomic E-state index is 0.00651. The molecule has 1 N–H and O–H groups in total. The van der Waals surface area contributed by atoms with Gasteiger partial charge in [0, 0.05) is 12.2 Å². The van der Waals surface area contributed by atoms with Crippen LogP contribution in [0.2, 0.25) is 0 Å². The van der Waals surface area contributed by atoms with Crippen LogP contribution in [0.5, 0.6) is 0 Å². The first kappa shape index (κ1) is 14.4. The molecule has 0 radical (unpaired) electrons. The Morgan fingerprint density at radius 2 is 2.29 bits per heavy atom. The van der Waals surface area contributed by atoms with Gasteiger partial charge >= 0.3 is 0 Å². The van der Waals surface area contributed by atoms with E-state index in [4.69, 9.17) is 0 Å². The van der Waals surface area contributed by atoms with Gasteiger partial charge < -0.3 is 10.2 Å². The van der Waals surface area contributed by atoms with Gasteiger partial charge in [-0.1, -0.05) is 6.07 Å². The Morgan fingerprint density at radius 1 is 1.52 bits per heavy atom. The van der Waals surface area contributed by atoms with Gasteiger partial charge in [-0.25, -0.2) is 4.39 Å². The summed E-state index contributed by atoms with van der Waals surface area (Å²) in [5.74, 6) is -0.206. The number of thioether (sulfide) groups is 1.